The third-order valence-corrected chi connectivity index (χ3v) is 2.47. The van der Waals surface area contributed by atoms with Crippen LogP contribution in [0, 0.1) is 12.7 Å². The maximum Gasteiger partial charge on any atom is 0.356 e. The Labute approximate surface area is 102 Å². The lowest BCUT2D eigenvalue weighted by Crippen LogP contribution is -1.98. The van der Waals surface area contributed by atoms with E-state index in [1.165, 1.54) is 19.2 Å². The smallest absolute Gasteiger partial charge is 0.356 e. The summed E-state index contributed by atoms with van der Waals surface area (Å²) in [4.78, 5) is 17.6. The summed E-state index contributed by atoms with van der Waals surface area (Å²) in [6.07, 6.45) is 0. The molecule has 1 aromatic carbocycles. The number of carboxylic acids is 1. The van der Waals surface area contributed by atoms with Crippen molar-refractivity contribution in [3.63, 3.8) is 0 Å². The van der Waals surface area contributed by atoms with Gasteiger partial charge in [0.15, 0.2) is 5.69 Å². The van der Waals surface area contributed by atoms with E-state index in [0.29, 0.717) is 22.8 Å². The van der Waals surface area contributed by atoms with E-state index in [1.807, 2.05) is 0 Å². The van der Waals surface area contributed by atoms with E-state index in [-0.39, 0.29) is 5.69 Å². The van der Waals surface area contributed by atoms with Crippen molar-refractivity contribution in [1.29, 1.82) is 0 Å². The molecule has 0 aliphatic heterocycles. The Hall–Kier alpha value is -2.37. The van der Waals surface area contributed by atoms with Crippen molar-refractivity contribution in [2.75, 3.05) is 7.11 Å². The van der Waals surface area contributed by atoms with Gasteiger partial charge in [-0.3, -0.25) is 0 Å². The normalized spacial score (nSPS) is 10.4. The van der Waals surface area contributed by atoms with E-state index < -0.39 is 11.8 Å². The topological polar surface area (TPSA) is 75.2 Å². The molecular weight excluding hydrogens is 239 g/mol. The van der Waals surface area contributed by atoms with Crippen molar-refractivity contribution in [3.8, 4) is 17.1 Å². The van der Waals surface area contributed by atoms with Crippen LogP contribution in [0.15, 0.2) is 18.2 Å². The van der Waals surface area contributed by atoms with Gasteiger partial charge in [-0.15, -0.1) is 0 Å². The molecule has 6 heteroatoms. The zero-order chi connectivity index (χ0) is 13.3. The molecule has 2 rings (SSSR count). The molecule has 18 heavy (non-hydrogen) atoms. The van der Waals surface area contributed by atoms with Gasteiger partial charge in [0, 0.05) is 17.3 Å². The Bertz CT molecular complexity index is 607. The van der Waals surface area contributed by atoms with Crippen LogP contribution in [0.2, 0.25) is 0 Å². The summed E-state index contributed by atoms with van der Waals surface area (Å²) in [5.41, 5.74) is 0.774. The zero-order valence-electron chi connectivity index (χ0n) is 9.82. The molecule has 0 radical (unpaired) electrons. The summed E-state index contributed by atoms with van der Waals surface area (Å²) in [5, 5.41) is 8.90. The van der Waals surface area contributed by atoms with Crippen molar-refractivity contribution in [1.82, 2.24) is 9.97 Å². The lowest BCUT2D eigenvalue weighted by atomic mass is 10.2. The van der Waals surface area contributed by atoms with Crippen LogP contribution in [0.25, 0.3) is 11.4 Å². The number of halogens is 1. The molecule has 5 nitrogen and oxygen atoms in total. The highest BCUT2D eigenvalue weighted by atomic mass is 19.1. The van der Waals surface area contributed by atoms with Gasteiger partial charge in [0.1, 0.15) is 17.4 Å². The van der Waals surface area contributed by atoms with E-state index in [9.17, 15) is 9.18 Å². The summed E-state index contributed by atoms with van der Waals surface area (Å²) in [6.45, 7) is 1.59. The largest absolute Gasteiger partial charge is 0.497 e. The van der Waals surface area contributed by atoms with E-state index in [0.717, 1.165) is 0 Å². The number of rotatable bonds is 3. The number of aromatic carboxylic acids is 1. The molecule has 0 fully saturated rings. The van der Waals surface area contributed by atoms with Gasteiger partial charge < -0.3 is 14.8 Å². The minimum absolute atomic E-state index is 0.0757. The molecule has 0 atom stereocenters. The fourth-order valence-electron chi connectivity index (χ4n) is 1.62. The van der Waals surface area contributed by atoms with Gasteiger partial charge in [-0.25, -0.2) is 14.2 Å². The molecule has 0 amide bonds. The first-order chi connectivity index (χ1) is 8.51. The zero-order valence-corrected chi connectivity index (χ0v) is 9.82. The molecule has 2 aromatic rings. The molecule has 0 bridgehead atoms. The average Bonchev–Trinajstić information content (AvgIpc) is 2.70. The lowest BCUT2D eigenvalue weighted by molar-refractivity contribution is 0.0690. The molecule has 0 spiro atoms. The predicted octanol–water partition coefficient (Wildman–Crippen LogP) is 2.23. The highest BCUT2D eigenvalue weighted by Crippen LogP contribution is 2.24. The molecule has 0 unspecified atom stereocenters. The number of carbonyl (C=O) groups is 1. The Morgan fingerprint density at radius 2 is 2.17 bits per heavy atom. The number of carboxylic acid groups (broad SMARTS) is 1. The lowest BCUT2D eigenvalue weighted by Gasteiger charge is -2.02. The van der Waals surface area contributed by atoms with Gasteiger partial charge in [0.05, 0.1) is 7.11 Å². The number of nitrogens with zero attached hydrogens (tertiary/aromatic N) is 1. The van der Waals surface area contributed by atoms with E-state index in [2.05, 4.69) is 9.97 Å². The number of nitrogens with one attached hydrogen (secondary N) is 1. The minimum Gasteiger partial charge on any atom is -0.497 e. The van der Waals surface area contributed by atoms with Gasteiger partial charge >= 0.3 is 5.97 Å². The van der Waals surface area contributed by atoms with Crippen molar-refractivity contribution in [3.05, 3.63) is 35.4 Å². The molecule has 2 N–H and O–H groups in total. The van der Waals surface area contributed by atoms with Crippen molar-refractivity contribution in [2.45, 2.75) is 6.92 Å². The van der Waals surface area contributed by atoms with Crippen molar-refractivity contribution < 1.29 is 19.0 Å². The van der Waals surface area contributed by atoms with Crippen molar-refractivity contribution >= 4 is 5.97 Å². The number of hydrogen-bond acceptors (Lipinski definition) is 3. The summed E-state index contributed by atoms with van der Waals surface area (Å²) in [5.74, 6) is -0.965. The number of aryl methyl sites for hydroxylation is 1. The summed E-state index contributed by atoms with van der Waals surface area (Å²) >= 11 is 0. The summed E-state index contributed by atoms with van der Waals surface area (Å²) < 4.78 is 18.3. The van der Waals surface area contributed by atoms with Crippen LogP contribution in [-0.2, 0) is 0 Å². The standard InChI is InChI=1S/C12H11FN2O3/c1-6-10(12(16)17)15-11(14-6)7-3-8(13)5-9(4-7)18-2/h3-5H,1-2H3,(H,14,15)(H,16,17). The first kappa shape index (κ1) is 12.1. The van der Waals surface area contributed by atoms with Gasteiger partial charge in [-0.05, 0) is 19.1 Å². The van der Waals surface area contributed by atoms with Gasteiger partial charge in [0.2, 0.25) is 0 Å². The van der Waals surface area contributed by atoms with Crippen LogP contribution in [0.1, 0.15) is 16.2 Å². The van der Waals surface area contributed by atoms with Crippen LogP contribution >= 0.6 is 0 Å². The Kier molecular flexibility index (Phi) is 3.01. The first-order valence-corrected chi connectivity index (χ1v) is 5.16. The third kappa shape index (κ3) is 2.17. The Morgan fingerprint density at radius 3 is 2.72 bits per heavy atom. The maximum atomic E-state index is 13.3. The van der Waals surface area contributed by atoms with Gasteiger partial charge in [-0.1, -0.05) is 0 Å². The number of methoxy groups -OCH3 is 1. The van der Waals surface area contributed by atoms with Gasteiger partial charge in [0.25, 0.3) is 0 Å². The van der Waals surface area contributed by atoms with E-state index in [4.69, 9.17) is 9.84 Å². The monoisotopic (exact) mass is 250 g/mol. The van der Waals surface area contributed by atoms with E-state index in [1.54, 1.807) is 13.0 Å². The number of hydrogen-bond donors (Lipinski definition) is 2. The van der Waals surface area contributed by atoms with Crippen LogP contribution in [0.3, 0.4) is 0 Å². The second-order valence-corrected chi connectivity index (χ2v) is 3.74. The van der Waals surface area contributed by atoms with Gasteiger partial charge in [-0.2, -0.15) is 0 Å². The van der Waals surface area contributed by atoms with Crippen LogP contribution in [0.5, 0.6) is 5.75 Å². The number of H-pyrrole nitrogens is 1. The molecule has 0 aliphatic rings. The highest BCUT2D eigenvalue weighted by molar-refractivity contribution is 5.87. The number of benzene rings is 1. The molecule has 1 aromatic heterocycles. The number of ether oxygens (including phenoxy) is 1. The molecule has 94 valence electrons. The maximum absolute atomic E-state index is 13.3. The Morgan fingerprint density at radius 1 is 1.44 bits per heavy atom. The van der Waals surface area contributed by atoms with Crippen LogP contribution < -0.4 is 4.74 Å². The van der Waals surface area contributed by atoms with Crippen LogP contribution in [-0.4, -0.2) is 28.2 Å². The average molecular weight is 250 g/mol. The first-order valence-electron chi connectivity index (χ1n) is 5.16. The minimum atomic E-state index is -1.13. The third-order valence-electron chi connectivity index (χ3n) is 2.47. The second kappa shape index (κ2) is 4.48. The number of aromatic amines is 1. The molecule has 1 heterocycles. The van der Waals surface area contributed by atoms with Crippen LogP contribution in [0.4, 0.5) is 4.39 Å². The quantitative estimate of drug-likeness (QED) is 0.875. The molecular formula is C12H11FN2O3. The fourth-order valence-corrected chi connectivity index (χ4v) is 1.62. The highest BCUT2D eigenvalue weighted by Gasteiger charge is 2.15. The summed E-state index contributed by atoms with van der Waals surface area (Å²) in [6, 6.07) is 4.07. The van der Waals surface area contributed by atoms with Crippen molar-refractivity contribution in [2.24, 2.45) is 0 Å². The fraction of sp³-hybridized carbons (Fsp3) is 0.167. The SMILES string of the molecule is COc1cc(F)cc(-c2nc(C(=O)O)c(C)[nH]2)c1. The van der Waals surface area contributed by atoms with E-state index >= 15 is 0 Å². The number of imidazole rings is 1. The molecule has 0 saturated heterocycles. The predicted molar refractivity (Wildman–Crippen MR) is 62.2 cm³/mol. The molecule has 0 aliphatic carbocycles. The summed E-state index contributed by atoms with van der Waals surface area (Å²) in [7, 11) is 1.43. The number of aromatic nitrogens is 2. The Balaban J connectivity index is 2.51. The second-order valence-electron chi connectivity index (χ2n) is 3.74. The molecule has 0 saturated carbocycles.